The largest absolute Gasteiger partial charge is 0.248 e. The van der Waals surface area contributed by atoms with Gasteiger partial charge in [-0.25, -0.2) is 10.0 Å². The zero-order chi connectivity index (χ0) is 8.41. The molecule has 10 heavy (non-hydrogen) atoms. The number of halogens is 1. The van der Waals surface area contributed by atoms with Crippen molar-refractivity contribution in [2.45, 2.75) is 25.1 Å². The molecule has 0 fully saturated rings. The molecule has 0 spiro atoms. The van der Waals surface area contributed by atoms with E-state index in [0.717, 1.165) is 12.2 Å². The smallest absolute Gasteiger partial charge is 0.0491 e. The van der Waals surface area contributed by atoms with Crippen molar-refractivity contribution in [3.8, 4) is 0 Å². The van der Waals surface area contributed by atoms with Crippen molar-refractivity contribution in [3.63, 3.8) is 0 Å². The van der Waals surface area contributed by atoms with Gasteiger partial charge in [-0.15, -0.1) is 11.6 Å². The topological polar surface area (TPSA) is 0 Å². The first kappa shape index (κ1) is 10.6. The number of hydrogen-bond donors (Lipinski definition) is 0. The van der Waals surface area contributed by atoms with Crippen LogP contribution in [0.15, 0.2) is 0 Å². The van der Waals surface area contributed by atoms with Gasteiger partial charge in [0.2, 0.25) is 0 Å². The highest BCUT2D eigenvalue weighted by atomic mass is 35.5. The minimum atomic E-state index is -0.426. The molecule has 0 rings (SSSR count). The van der Waals surface area contributed by atoms with Crippen molar-refractivity contribution in [2.75, 3.05) is 24.5 Å². The van der Waals surface area contributed by atoms with Gasteiger partial charge in [0.15, 0.2) is 0 Å². The monoisotopic (exact) mass is 182 g/mol. The molecule has 0 aliphatic rings. The van der Waals surface area contributed by atoms with Crippen LogP contribution in [0.3, 0.4) is 0 Å². The quantitative estimate of drug-likeness (QED) is 0.589. The molecule has 0 saturated heterocycles. The Hall–Kier alpha value is 0.640. The van der Waals surface area contributed by atoms with E-state index in [0.29, 0.717) is 0 Å². The van der Waals surface area contributed by atoms with Crippen molar-refractivity contribution in [2.24, 2.45) is 0 Å². The maximum absolute atomic E-state index is 6.23. The minimum absolute atomic E-state index is 0.0353. The van der Waals surface area contributed by atoms with Gasteiger partial charge in [-0.1, -0.05) is 6.92 Å². The Morgan fingerprint density at radius 2 is 1.70 bits per heavy atom. The van der Waals surface area contributed by atoms with E-state index in [2.05, 4.69) is 32.6 Å². The van der Waals surface area contributed by atoms with Gasteiger partial charge >= 0.3 is 0 Å². The highest BCUT2D eigenvalue weighted by Crippen LogP contribution is 2.41. The Kier molecular flexibility index (Phi) is 3.57. The highest BCUT2D eigenvalue weighted by molar-refractivity contribution is 8.32. The van der Waals surface area contributed by atoms with Crippen LogP contribution in [0, 0.1) is 0 Å². The third-order valence-electron chi connectivity index (χ3n) is 1.47. The van der Waals surface area contributed by atoms with E-state index in [1.54, 1.807) is 0 Å². The first-order valence-electron chi connectivity index (χ1n) is 3.62. The molecule has 0 saturated carbocycles. The number of alkyl halides is 1. The fourth-order valence-electron chi connectivity index (χ4n) is 1.00. The van der Waals surface area contributed by atoms with E-state index in [-0.39, 0.29) is 4.87 Å². The van der Waals surface area contributed by atoms with E-state index in [9.17, 15) is 0 Å². The van der Waals surface area contributed by atoms with E-state index in [1.807, 2.05) is 0 Å². The molecule has 0 aliphatic carbocycles. The molecule has 0 amide bonds. The minimum Gasteiger partial charge on any atom is -0.248 e. The average Bonchev–Trinajstić information content (AvgIpc) is 1.60. The molecule has 0 bridgehead atoms. The predicted octanol–water partition coefficient (Wildman–Crippen LogP) is 3.09. The molecular weight excluding hydrogens is 164 g/mol. The molecule has 0 aromatic heterocycles. The Morgan fingerprint density at radius 3 is 1.80 bits per heavy atom. The summed E-state index contributed by atoms with van der Waals surface area (Å²) in [6, 6.07) is 0. The lowest BCUT2D eigenvalue weighted by atomic mass is 10.1. The van der Waals surface area contributed by atoms with Crippen LogP contribution in [0.5, 0.6) is 0 Å². The Bertz CT molecular complexity index is 102. The summed E-state index contributed by atoms with van der Waals surface area (Å²) in [6.07, 6.45) is 7.99. The highest BCUT2D eigenvalue weighted by Gasteiger charge is 2.22. The zero-order valence-electron chi connectivity index (χ0n) is 7.70. The van der Waals surface area contributed by atoms with E-state index < -0.39 is 10.0 Å². The summed E-state index contributed by atoms with van der Waals surface area (Å²) in [5.41, 5.74) is 0. The Morgan fingerprint density at radius 1 is 1.30 bits per heavy atom. The van der Waals surface area contributed by atoms with E-state index in [4.69, 9.17) is 11.6 Å². The fraction of sp³-hybridized carbons (Fsp3) is 1.00. The summed E-state index contributed by atoms with van der Waals surface area (Å²) in [5, 5.41) is 0. The molecule has 0 nitrogen and oxygen atoms in total. The first-order valence-corrected chi connectivity index (χ1v) is 7.02. The average molecular weight is 183 g/mol. The molecular formula is C8H19ClS. The number of rotatable bonds is 3. The molecule has 2 heteroatoms. The first-order chi connectivity index (χ1) is 4.27. The molecule has 0 aromatic rings. The maximum atomic E-state index is 6.23. The van der Waals surface area contributed by atoms with Crippen molar-refractivity contribution < 1.29 is 0 Å². The summed E-state index contributed by atoms with van der Waals surface area (Å²) in [5.74, 6) is 1.16. The van der Waals surface area contributed by atoms with Gasteiger partial charge in [-0.05, 0) is 37.9 Å². The molecule has 0 aromatic carbocycles. The normalized spacial score (nSPS) is 20.2. The van der Waals surface area contributed by atoms with Crippen molar-refractivity contribution in [1.29, 1.82) is 0 Å². The third-order valence-corrected chi connectivity index (χ3v) is 3.53. The van der Waals surface area contributed by atoms with Crippen LogP contribution in [0.2, 0.25) is 0 Å². The molecule has 1 atom stereocenters. The maximum Gasteiger partial charge on any atom is 0.0491 e. The second-order valence-corrected chi connectivity index (χ2v) is 9.38. The number of hydrogen-bond acceptors (Lipinski definition) is 0. The summed E-state index contributed by atoms with van der Waals surface area (Å²) >= 11 is 6.23. The van der Waals surface area contributed by atoms with Crippen LogP contribution in [-0.2, 0) is 0 Å². The van der Waals surface area contributed by atoms with Gasteiger partial charge in [0.05, 0.1) is 0 Å². The lowest BCUT2D eigenvalue weighted by molar-refractivity contribution is 0.679. The van der Waals surface area contributed by atoms with Crippen molar-refractivity contribution in [1.82, 2.24) is 0 Å². The van der Waals surface area contributed by atoms with Gasteiger partial charge in [-0.3, -0.25) is 0 Å². The predicted molar refractivity (Wildman–Crippen MR) is 54.8 cm³/mol. The fourth-order valence-corrected chi connectivity index (χ4v) is 4.00. The second-order valence-electron chi connectivity index (χ2n) is 4.00. The summed E-state index contributed by atoms with van der Waals surface area (Å²) in [4.78, 5) is 0.0353. The molecule has 64 valence electrons. The lowest BCUT2D eigenvalue weighted by Gasteiger charge is -2.33. The molecule has 0 aliphatic heterocycles. The van der Waals surface area contributed by atoms with Gasteiger partial charge in [-0.2, -0.15) is 0 Å². The van der Waals surface area contributed by atoms with Crippen LogP contribution in [0.4, 0.5) is 0 Å². The Balaban J connectivity index is 3.89. The van der Waals surface area contributed by atoms with E-state index >= 15 is 0 Å². The van der Waals surface area contributed by atoms with Gasteiger partial charge < -0.3 is 0 Å². The van der Waals surface area contributed by atoms with Crippen LogP contribution in [0.1, 0.15) is 20.3 Å². The van der Waals surface area contributed by atoms with Gasteiger partial charge in [0.25, 0.3) is 0 Å². The summed E-state index contributed by atoms with van der Waals surface area (Å²) < 4.78 is 0. The van der Waals surface area contributed by atoms with Gasteiger partial charge in [0, 0.05) is 4.87 Å². The van der Waals surface area contributed by atoms with Crippen LogP contribution < -0.4 is 0 Å². The summed E-state index contributed by atoms with van der Waals surface area (Å²) in [7, 11) is -0.426. The van der Waals surface area contributed by atoms with Crippen molar-refractivity contribution in [3.05, 3.63) is 0 Å². The van der Waals surface area contributed by atoms with Crippen LogP contribution >= 0.6 is 21.6 Å². The standard InChI is InChI=1S/C8H19ClS/c1-6-8(2,9)7-10(3,4)5/h6-7H2,1-5H3. The van der Waals surface area contributed by atoms with Crippen molar-refractivity contribution >= 4 is 21.6 Å². The van der Waals surface area contributed by atoms with Crippen LogP contribution in [-0.4, -0.2) is 29.4 Å². The van der Waals surface area contributed by atoms with Gasteiger partial charge in [0.1, 0.15) is 0 Å². The molecule has 1 unspecified atom stereocenters. The molecule has 0 heterocycles. The zero-order valence-corrected chi connectivity index (χ0v) is 9.27. The SMILES string of the molecule is CCC(C)(Cl)CS(C)(C)C. The lowest BCUT2D eigenvalue weighted by Crippen LogP contribution is -2.23. The third kappa shape index (κ3) is 5.43. The van der Waals surface area contributed by atoms with Crippen LogP contribution in [0.25, 0.3) is 0 Å². The van der Waals surface area contributed by atoms with E-state index in [1.165, 1.54) is 0 Å². The molecule has 0 N–H and O–H groups in total. The Labute approximate surface area is 71.7 Å². The summed E-state index contributed by atoms with van der Waals surface area (Å²) in [6.45, 7) is 4.28. The molecule has 0 radical (unpaired) electrons. The second kappa shape index (κ2) is 3.36.